The molecule has 0 heterocycles. The van der Waals surface area contributed by atoms with Crippen LogP contribution in [0.15, 0.2) is 182 Å². The Morgan fingerprint density at radius 1 is 0.295 bits per heavy atom. The maximum Gasteiger partial charge on any atom is 0.0465 e. The van der Waals surface area contributed by atoms with Crippen molar-refractivity contribution in [3.05, 3.63) is 238 Å². The molecule has 0 bridgehead atoms. The lowest BCUT2D eigenvalue weighted by Crippen LogP contribution is -2.16. The van der Waals surface area contributed by atoms with E-state index in [9.17, 15) is 0 Å². The molecule has 0 amide bonds. The minimum Gasteiger partial charge on any atom is -0.311 e. The van der Waals surface area contributed by atoms with E-state index in [1.165, 1.54) is 44.5 Å². The van der Waals surface area contributed by atoms with Crippen molar-refractivity contribution in [2.45, 2.75) is 47.0 Å². The van der Waals surface area contributed by atoms with E-state index >= 15 is 0 Å². The number of anilines is 6. The third kappa shape index (κ3) is 8.10. The molecule has 0 aromatic heterocycles. The van der Waals surface area contributed by atoms with Gasteiger partial charge < -0.3 is 9.80 Å². The highest BCUT2D eigenvalue weighted by Crippen LogP contribution is 2.51. The van der Waals surface area contributed by atoms with Gasteiger partial charge in [-0.25, -0.2) is 0 Å². The highest BCUT2D eigenvalue weighted by atomic mass is 15.1. The molecule has 1 aliphatic rings. The van der Waals surface area contributed by atoms with Crippen LogP contribution >= 0.6 is 0 Å². The Kier molecular flexibility index (Phi) is 10.4. The second-order valence-electron chi connectivity index (χ2n) is 16.8. The van der Waals surface area contributed by atoms with E-state index in [4.69, 9.17) is 0 Å². The maximum atomic E-state index is 3.46. The molecule has 0 fully saturated rings. The largest absolute Gasteiger partial charge is 0.311 e. The van der Waals surface area contributed by atoms with Crippen molar-refractivity contribution in [2.75, 3.05) is 9.80 Å². The van der Waals surface area contributed by atoms with Crippen molar-refractivity contribution in [1.82, 2.24) is 0 Å². The minimum absolute atomic E-state index is 0.188. The zero-order valence-electron chi connectivity index (χ0n) is 35.7. The molecule has 294 valence electrons. The van der Waals surface area contributed by atoms with Gasteiger partial charge in [-0.3, -0.25) is 0 Å². The summed E-state index contributed by atoms with van der Waals surface area (Å²) in [5.41, 5.74) is 20.6. The molecule has 0 radical (unpaired) electrons. The number of rotatable bonds is 6. The molecule has 61 heavy (non-hydrogen) atoms. The molecule has 0 N–H and O–H groups in total. The smallest absolute Gasteiger partial charge is 0.0465 e. The molecule has 8 aromatic carbocycles. The summed E-state index contributed by atoms with van der Waals surface area (Å²) >= 11 is 0. The molecule has 0 spiro atoms. The fourth-order valence-electron chi connectivity index (χ4n) is 8.23. The lowest BCUT2D eigenvalue weighted by atomic mass is 9.82. The number of aryl methyl sites for hydroxylation is 4. The standard InChI is InChI=1S/C59H48N2/c1-41-7-26-49(27-8-41)60(50-28-9-42(2)10-29-50)53-34-23-47(24-35-53)20-19-45-15-17-46(18-16-45)21-22-48-25-37-55-56-38-36-54(40-58(56)59(5,6)57(55)39-48)61(51-30-11-43(3)12-31-51)52-32-13-44(4)14-33-52/h7-18,23-40H,1-6H3. The molecule has 2 heteroatoms. The van der Waals surface area contributed by atoms with E-state index in [1.54, 1.807) is 0 Å². The summed E-state index contributed by atoms with van der Waals surface area (Å²) in [4.78, 5) is 4.64. The van der Waals surface area contributed by atoms with Crippen LogP contribution in [0.2, 0.25) is 0 Å². The zero-order chi connectivity index (χ0) is 42.1. The quantitative estimate of drug-likeness (QED) is 0.155. The van der Waals surface area contributed by atoms with Gasteiger partial charge in [-0.1, -0.05) is 120 Å². The fourth-order valence-corrected chi connectivity index (χ4v) is 8.23. The lowest BCUT2D eigenvalue weighted by Gasteiger charge is -2.28. The van der Waals surface area contributed by atoms with Crippen molar-refractivity contribution in [1.29, 1.82) is 0 Å². The number of benzene rings is 8. The van der Waals surface area contributed by atoms with Crippen LogP contribution in [-0.2, 0) is 5.41 Å². The monoisotopic (exact) mass is 784 g/mol. The van der Waals surface area contributed by atoms with E-state index in [0.717, 1.165) is 56.4 Å². The van der Waals surface area contributed by atoms with Gasteiger partial charge in [0.2, 0.25) is 0 Å². The second kappa shape index (κ2) is 16.3. The Labute approximate surface area is 361 Å². The summed E-state index contributed by atoms with van der Waals surface area (Å²) in [6.45, 7) is 13.2. The van der Waals surface area contributed by atoms with Crippen LogP contribution in [0.4, 0.5) is 34.1 Å². The van der Waals surface area contributed by atoms with Gasteiger partial charge in [-0.2, -0.15) is 0 Å². The van der Waals surface area contributed by atoms with E-state index in [2.05, 4.69) is 257 Å². The van der Waals surface area contributed by atoms with Crippen molar-refractivity contribution >= 4 is 34.1 Å². The first-order chi connectivity index (χ1) is 29.6. The molecule has 2 nitrogen and oxygen atoms in total. The SMILES string of the molecule is Cc1ccc(N(c2ccc(C)cc2)c2ccc(C#Cc3ccc(C#Cc4ccc5c(c4)C(C)(C)c4cc(N(c6ccc(C)cc6)c6ccc(C)cc6)ccc4-5)cc3)cc2)cc1. The number of hydrogen-bond donors (Lipinski definition) is 0. The second-order valence-corrected chi connectivity index (χ2v) is 16.8. The molecule has 0 saturated heterocycles. The van der Waals surface area contributed by atoms with E-state index in [-0.39, 0.29) is 5.41 Å². The first-order valence-corrected chi connectivity index (χ1v) is 21.0. The summed E-state index contributed by atoms with van der Waals surface area (Å²) < 4.78 is 0. The topological polar surface area (TPSA) is 6.48 Å². The van der Waals surface area contributed by atoms with Gasteiger partial charge in [0, 0.05) is 61.8 Å². The van der Waals surface area contributed by atoms with Gasteiger partial charge in [0.25, 0.3) is 0 Å². The van der Waals surface area contributed by atoms with Crippen LogP contribution in [0.1, 0.15) is 69.5 Å². The zero-order valence-corrected chi connectivity index (χ0v) is 35.7. The summed E-state index contributed by atoms with van der Waals surface area (Å²) in [5.74, 6) is 13.6. The van der Waals surface area contributed by atoms with Gasteiger partial charge in [-0.15, -0.1) is 0 Å². The van der Waals surface area contributed by atoms with Crippen LogP contribution in [0.25, 0.3) is 11.1 Å². The Bertz CT molecular complexity index is 2890. The molecule has 0 atom stereocenters. The Morgan fingerprint density at radius 3 is 0.951 bits per heavy atom. The molecular weight excluding hydrogens is 737 g/mol. The van der Waals surface area contributed by atoms with Crippen molar-refractivity contribution < 1.29 is 0 Å². The van der Waals surface area contributed by atoms with Gasteiger partial charge in [0.15, 0.2) is 0 Å². The number of fused-ring (bicyclic) bond motifs is 3. The minimum atomic E-state index is -0.188. The molecule has 1 aliphatic carbocycles. The van der Waals surface area contributed by atoms with Crippen LogP contribution in [0, 0.1) is 51.4 Å². The lowest BCUT2D eigenvalue weighted by molar-refractivity contribution is 0.660. The fraction of sp³-hybridized carbons (Fsp3) is 0.119. The van der Waals surface area contributed by atoms with Gasteiger partial charge >= 0.3 is 0 Å². The van der Waals surface area contributed by atoms with Crippen LogP contribution in [-0.4, -0.2) is 0 Å². The van der Waals surface area contributed by atoms with E-state index in [0.29, 0.717) is 0 Å². The average Bonchev–Trinajstić information content (AvgIpc) is 3.50. The van der Waals surface area contributed by atoms with Crippen molar-refractivity contribution in [2.24, 2.45) is 0 Å². The van der Waals surface area contributed by atoms with Crippen LogP contribution in [0.5, 0.6) is 0 Å². The predicted molar refractivity (Wildman–Crippen MR) is 257 cm³/mol. The molecule has 0 unspecified atom stereocenters. The maximum absolute atomic E-state index is 3.46. The van der Waals surface area contributed by atoms with Gasteiger partial charge in [-0.05, 0) is 171 Å². The Balaban J connectivity index is 0.917. The summed E-state index contributed by atoms with van der Waals surface area (Å²) in [7, 11) is 0. The van der Waals surface area contributed by atoms with Gasteiger partial charge in [0.05, 0.1) is 0 Å². The van der Waals surface area contributed by atoms with Crippen LogP contribution in [0.3, 0.4) is 0 Å². The molecule has 8 aromatic rings. The molecular formula is C59H48N2. The third-order valence-electron chi connectivity index (χ3n) is 11.8. The number of hydrogen-bond acceptors (Lipinski definition) is 2. The first-order valence-electron chi connectivity index (χ1n) is 21.0. The summed E-state index contributed by atoms with van der Waals surface area (Å²) in [6.07, 6.45) is 0. The van der Waals surface area contributed by atoms with E-state index < -0.39 is 0 Å². The van der Waals surface area contributed by atoms with Gasteiger partial charge in [0.1, 0.15) is 0 Å². The van der Waals surface area contributed by atoms with Crippen molar-refractivity contribution in [3.8, 4) is 34.8 Å². The Hall–Kier alpha value is -7.52. The summed E-state index contributed by atoms with van der Waals surface area (Å²) in [5, 5.41) is 0. The normalized spacial score (nSPS) is 12.0. The average molecular weight is 785 g/mol. The highest BCUT2D eigenvalue weighted by molar-refractivity contribution is 5.86. The molecule has 0 saturated carbocycles. The molecule has 0 aliphatic heterocycles. The highest BCUT2D eigenvalue weighted by Gasteiger charge is 2.36. The third-order valence-corrected chi connectivity index (χ3v) is 11.8. The number of nitrogens with zero attached hydrogens (tertiary/aromatic N) is 2. The van der Waals surface area contributed by atoms with Crippen molar-refractivity contribution in [3.63, 3.8) is 0 Å². The first kappa shape index (κ1) is 39.0. The van der Waals surface area contributed by atoms with Crippen LogP contribution < -0.4 is 9.80 Å². The Morgan fingerprint density at radius 2 is 0.557 bits per heavy atom. The molecule has 9 rings (SSSR count). The summed E-state index contributed by atoms with van der Waals surface area (Å²) in [6, 6.07) is 65.2. The predicted octanol–water partition coefficient (Wildman–Crippen LogP) is 15.0. The van der Waals surface area contributed by atoms with E-state index in [1.807, 2.05) is 0 Å².